The Morgan fingerprint density at radius 1 is 1.30 bits per heavy atom. The van der Waals surface area contributed by atoms with Crippen LogP contribution in [0.2, 0.25) is 0 Å². The molecule has 3 rings (SSSR count). The number of nitrogens with one attached hydrogen (secondary N) is 1. The number of aliphatic hydroxyl groups is 3. The number of anilines is 1. The molecule has 0 radical (unpaired) electrons. The Kier molecular flexibility index (Phi) is 3.26. The molecule has 2 aromatic heterocycles. The molecule has 0 spiro atoms. The number of nitrogens with zero attached hydrogens (tertiary/aromatic N) is 4. The molecule has 9 heteroatoms. The van der Waals surface area contributed by atoms with Gasteiger partial charge in [0.05, 0.1) is 12.9 Å². The molecule has 0 aromatic carbocycles. The van der Waals surface area contributed by atoms with Crippen LogP contribution in [0.1, 0.15) is 6.23 Å². The molecule has 4 atom stereocenters. The average Bonchev–Trinajstić information content (AvgIpc) is 3.01. The van der Waals surface area contributed by atoms with Gasteiger partial charge in [0.2, 0.25) is 0 Å². The maximum atomic E-state index is 10.0. The SMILES string of the molecule is [13CH3]Nc1n[13cH]nc2c1n[13cH]n2[13C@@H]1O[C@H](CO)C(O)[C@@H]1O. The van der Waals surface area contributed by atoms with E-state index in [-0.39, 0.29) is 6.61 Å². The van der Waals surface area contributed by atoms with Gasteiger partial charge in [0.15, 0.2) is 17.7 Å². The van der Waals surface area contributed by atoms with Crippen molar-refractivity contribution in [2.75, 3.05) is 19.0 Å². The summed E-state index contributed by atoms with van der Waals surface area (Å²) in [5, 5.41) is 31.8. The number of rotatable bonds is 3. The highest BCUT2D eigenvalue weighted by atomic mass is 16.6. The molecular formula is C11H15N5O4. The second-order valence-electron chi connectivity index (χ2n) is 4.53. The van der Waals surface area contributed by atoms with Crippen LogP contribution in [0.5, 0.6) is 0 Å². The molecule has 9 nitrogen and oxygen atoms in total. The molecule has 1 aliphatic heterocycles. The van der Waals surface area contributed by atoms with Crippen molar-refractivity contribution in [2.45, 2.75) is 24.5 Å². The van der Waals surface area contributed by atoms with Crippen LogP contribution in [-0.2, 0) is 4.74 Å². The molecular weight excluding hydrogens is 270 g/mol. The van der Waals surface area contributed by atoms with Gasteiger partial charge in [-0.05, 0) is 0 Å². The van der Waals surface area contributed by atoms with Crippen molar-refractivity contribution in [1.29, 1.82) is 0 Å². The smallest absolute Gasteiger partial charge is 0.167 e. The third kappa shape index (κ3) is 1.83. The zero-order chi connectivity index (χ0) is 14.3. The lowest BCUT2D eigenvalue weighted by atomic mass is 10.2. The fourth-order valence-corrected chi connectivity index (χ4v) is 2.33. The first-order valence-electron chi connectivity index (χ1n) is 6.15. The minimum absolute atomic E-state index is 0.377. The van der Waals surface area contributed by atoms with E-state index in [9.17, 15) is 10.2 Å². The van der Waals surface area contributed by atoms with Crippen LogP contribution in [0.4, 0.5) is 5.82 Å². The predicted molar refractivity (Wildman–Crippen MR) is 67.9 cm³/mol. The molecule has 1 saturated heterocycles. The van der Waals surface area contributed by atoms with Gasteiger partial charge in [0.1, 0.15) is 30.2 Å². The van der Waals surface area contributed by atoms with Gasteiger partial charge in [0, 0.05) is 7.05 Å². The molecule has 0 aliphatic carbocycles. The van der Waals surface area contributed by atoms with Crippen LogP contribution in [0.3, 0.4) is 0 Å². The van der Waals surface area contributed by atoms with Crippen LogP contribution in [0, 0.1) is 0 Å². The highest BCUT2D eigenvalue weighted by molar-refractivity contribution is 5.82. The van der Waals surface area contributed by atoms with Crippen molar-refractivity contribution < 1.29 is 20.1 Å². The van der Waals surface area contributed by atoms with Crippen LogP contribution < -0.4 is 5.32 Å². The standard InChI is InChI=1S/C11H15N5O4/c1-12-9-6-10(14-3-13-9)16(4-15-6)11-8(19)7(18)5(2-17)20-11/h3-5,7-8,11,17-19H,2H2,1H3,(H,12,13,14)/t5-,7?,8+,11-/m1/s1/i1+1,3+1,4+1,11+1. The molecule has 20 heavy (non-hydrogen) atoms. The topological polar surface area (TPSA) is 126 Å². The van der Waals surface area contributed by atoms with E-state index in [2.05, 4.69) is 20.3 Å². The molecule has 0 saturated carbocycles. The lowest BCUT2D eigenvalue weighted by Gasteiger charge is -2.16. The second kappa shape index (κ2) is 4.94. The Bertz CT molecular complexity index is 618. The first-order valence-corrected chi connectivity index (χ1v) is 6.15. The maximum absolute atomic E-state index is 10.0. The molecule has 4 N–H and O–H groups in total. The number of ether oxygens (including phenoxy) is 1. The van der Waals surface area contributed by atoms with Gasteiger partial charge in [-0.3, -0.25) is 4.57 Å². The van der Waals surface area contributed by atoms with Crippen molar-refractivity contribution in [3.63, 3.8) is 0 Å². The van der Waals surface area contributed by atoms with E-state index in [0.29, 0.717) is 17.0 Å². The van der Waals surface area contributed by atoms with Gasteiger partial charge in [-0.25, -0.2) is 15.0 Å². The fraction of sp³-hybridized carbons (Fsp3) is 0.545. The third-order valence-electron chi connectivity index (χ3n) is 3.39. The van der Waals surface area contributed by atoms with Crippen molar-refractivity contribution in [2.24, 2.45) is 0 Å². The summed E-state index contributed by atoms with van der Waals surface area (Å²) in [6, 6.07) is 0. The van der Waals surface area contributed by atoms with Gasteiger partial charge in [-0.1, -0.05) is 0 Å². The van der Waals surface area contributed by atoms with E-state index >= 15 is 0 Å². The number of aliphatic hydroxyl groups excluding tert-OH is 3. The van der Waals surface area contributed by atoms with E-state index in [1.54, 1.807) is 7.05 Å². The monoisotopic (exact) mass is 285 g/mol. The number of hydrogen-bond donors (Lipinski definition) is 4. The highest BCUT2D eigenvalue weighted by Crippen LogP contribution is 2.31. The van der Waals surface area contributed by atoms with E-state index < -0.39 is 24.5 Å². The summed E-state index contributed by atoms with van der Waals surface area (Å²) in [7, 11) is 1.72. The molecule has 2 aromatic rings. The summed E-state index contributed by atoms with van der Waals surface area (Å²) in [4.78, 5) is 12.3. The summed E-state index contributed by atoms with van der Waals surface area (Å²) in [5.41, 5.74) is 1.01. The summed E-state index contributed by atoms with van der Waals surface area (Å²) < 4.78 is 6.97. The van der Waals surface area contributed by atoms with Gasteiger partial charge in [-0.15, -0.1) is 0 Å². The Hall–Kier alpha value is -1.81. The van der Waals surface area contributed by atoms with Gasteiger partial charge in [0.25, 0.3) is 0 Å². The molecule has 108 valence electrons. The number of aromatic nitrogens is 4. The van der Waals surface area contributed by atoms with Crippen molar-refractivity contribution in [1.82, 2.24) is 19.5 Å². The molecule has 0 bridgehead atoms. The summed E-state index contributed by atoms with van der Waals surface area (Å²) in [6.45, 7) is -0.377. The largest absolute Gasteiger partial charge is 0.394 e. The summed E-state index contributed by atoms with van der Waals surface area (Å²) in [6.07, 6.45) is -1.19. The second-order valence-corrected chi connectivity index (χ2v) is 4.53. The van der Waals surface area contributed by atoms with Crippen molar-refractivity contribution in [3.05, 3.63) is 12.7 Å². The first kappa shape index (κ1) is 13.2. The molecule has 1 fully saturated rings. The average molecular weight is 285 g/mol. The van der Waals surface area contributed by atoms with E-state index in [1.165, 1.54) is 17.2 Å². The highest BCUT2D eigenvalue weighted by Gasteiger charge is 2.43. The predicted octanol–water partition coefficient (Wildman–Crippen LogP) is -1.52. The molecule has 1 aliphatic rings. The Morgan fingerprint density at radius 3 is 2.75 bits per heavy atom. The Morgan fingerprint density at radius 2 is 2.10 bits per heavy atom. The lowest BCUT2D eigenvalue weighted by molar-refractivity contribution is -0.0511. The van der Waals surface area contributed by atoms with Crippen molar-refractivity contribution >= 4 is 17.0 Å². The zero-order valence-electron chi connectivity index (χ0n) is 10.7. The molecule has 0 amide bonds. The van der Waals surface area contributed by atoms with Crippen LogP contribution in [0.25, 0.3) is 11.2 Å². The van der Waals surface area contributed by atoms with Gasteiger partial charge in [-0.2, -0.15) is 0 Å². The van der Waals surface area contributed by atoms with E-state index in [1.807, 2.05) is 0 Å². The lowest BCUT2D eigenvalue weighted by Crippen LogP contribution is -2.33. The molecule has 1 unspecified atom stereocenters. The van der Waals surface area contributed by atoms with E-state index in [0.717, 1.165) is 0 Å². The Balaban J connectivity index is 2.03. The quantitative estimate of drug-likeness (QED) is 0.501. The normalized spacial score (nSPS) is 30.0. The van der Waals surface area contributed by atoms with E-state index in [4.69, 9.17) is 9.84 Å². The summed E-state index contributed by atoms with van der Waals surface area (Å²) in [5.74, 6) is 0.556. The van der Waals surface area contributed by atoms with Gasteiger partial charge >= 0.3 is 0 Å². The first-order chi connectivity index (χ1) is 9.67. The molecule has 3 heterocycles. The van der Waals surface area contributed by atoms with Gasteiger partial charge < -0.3 is 25.4 Å². The van der Waals surface area contributed by atoms with Crippen molar-refractivity contribution in [3.8, 4) is 0 Å². The number of fused-ring (bicyclic) bond motifs is 1. The summed E-state index contributed by atoms with van der Waals surface area (Å²) >= 11 is 0. The Labute approximate surface area is 113 Å². The maximum Gasteiger partial charge on any atom is 0.167 e. The van der Waals surface area contributed by atoms with Crippen LogP contribution >= 0.6 is 0 Å². The fourth-order valence-electron chi connectivity index (χ4n) is 2.33. The zero-order valence-corrected chi connectivity index (χ0v) is 10.7. The number of hydrogen-bond acceptors (Lipinski definition) is 8. The minimum atomic E-state index is -1.17. The van der Waals surface area contributed by atoms with Crippen LogP contribution in [0.15, 0.2) is 12.7 Å². The minimum Gasteiger partial charge on any atom is -0.394 e. The third-order valence-corrected chi connectivity index (χ3v) is 3.39. The van der Waals surface area contributed by atoms with Crippen LogP contribution in [-0.4, -0.2) is 66.8 Å². The number of imidazole rings is 1.